The van der Waals surface area contributed by atoms with Gasteiger partial charge in [0.2, 0.25) is 0 Å². The number of hydrogen-bond acceptors (Lipinski definition) is 3. The molecule has 0 spiro atoms. The minimum atomic E-state index is 0.283. The average Bonchev–Trinajstić information content (AvgIpc) is 3.07. The normalized spacial score (nSPS) is 27.6. The summed E-state index contributed by atoms with van der Waals surface area (Å²) in [5.41, 5.74) is 2.26. The van der Waals surface area contributed by atoms with Crippen LogP contribution in [0, 0.1) is 12.8 Å². The zero-order valence-electron chi connectivity index (χ0n) is 12.2. The molecule has 2 atom stereocenters. The van der Waals surface area contributed by atoms with Crippen molar-refractivity contribution in [3.8, 4) is 0 Å². The van der Waals surface area contributed by atoms with E-state index in [1.54, 1.807) is 0 Å². The van der Waals surface area contributed by atoms with E-state index >= 15 is 0 Å². The fraction of sp³-hybridized carbons (Fsp3) is 0.733. The third kappa shape index (κ3) is 2.46. The molecule has 110 valence electrons. The highest BCUT2D eigenvalue weighted by Crippen LogP contribution is 2.35. The van der Waals surface area contributed by atoms with E-state index in [9.17, 15) is 4.79 Å². The van der Waals surface area contributed by atoms with Crippen LogP contribution in [0.3, 0.4) is 0 Å². The van der Waals surface area contributed by atoms with Gasteiger partial charge in [-0.15, -0.1) is 0 Å². The molecule has 5 heteroatoms. The number of ketones is 1. The summed E-state index contributed by atoms with van der Waals surface area (Å²) in [6.07, 6.45) is 5.35. The number of aromatic nitrogens is 2. The fourth-order valence-corrected chi connectivity index (χ4v) is 4.26. The van der Waals surface area contributed by atoms with E-state index in [-0.39, 0.29) is 5.92 Å². The second kappa shape index (κ2) is 5.60. The predicted octanol–water partition coefficient (Wildman–Crippen LogP) is 2.82. The molecule has 0 radical (unpaired) electrons. The fourth-order valence-electron chi connectivity index (χ4n) is 3.80. The Morgan fingerprint density at radius 2 is 2.15 bits per heavy atom. The summed E-state index contributed by atoms with van der Waals surface area (Å²) in [4.78, 5) is 14.5. The van der Waals surface area contributed by atoms with Gasteiger partial charge in [-0.1, -0.05) is 0 Å². The average molecular weight is 340 g/mol. The van der Waals surface area contributed by atoms with Gasteiger partial charge in [0.05, 0.1) is 15.9 Å². The molecule has 1 aromatic rings. The summed E-state index contributed by atoms with van der Waals surface area (Å²) in [5.74, 6) is 0.771. The van der Waals surface area contributed by atoms with Gasteiger partial charge in [-0.05, 0) is 55.1 Å². The lowest BCUT2D eigenvalue weighted by Crippen LogP contribution is -2.37. The van der Waals surface area contributed by atoms with Crippen molar-refractivity contribution in [3.63, 3.8) is 0 Å². The van der Waals surface area contributed by atoms with Crippen LogP contribution in [0.4, 0.5) is 0 Å². The van der Waals surface area contributed by atoms with E-state index in [0.717, 1.165) is 42.5 Å². The lowest BCUT2D eigenvalue weighted by atomic mass is 9.95. The number of Topliss-reactive ketones (excluding diaryl/α,β-unsaturated/α-hetero) is 1. The molecule has 1 saturated carbocycles. The number of rotatable bonds is 3. The molecule has 0 N–H and O–H groups in total. The first-order valence-electron chi connectivity index (χ1n) is 7.52. The van der Waals surface area contributed by atoms with Gasteiger partial charge in [0, 0.05) is 32.0 Å². The molecule has 20 heavy (non-hydrogen) atoms. The quantitative estimate of drug-likeness (QED) is 0.849. The molecule has 4 nitrogen and oxygen atoms in total. The molecule has 1 aliphatic heterocycles. The maximum atomic E-state index is 12.0. The summed E-state index contributed by atoms with van der Waals surface area (Å²) >= 11 is 3.65. The Labute approximate surface area is 128 Å². The second-order valence-corrected chi connectivity index (χ2v) is 6.91. The van der Waals surface area contributed by atoms with Gasteiger partial charge in [0.25, 0.3) is 0 Å². The number of likely N-dealkylation sites (tertiary alicyclic amines) is 1. The highest BCUT2D eigenvalue weighted by atomic mass is 79.9. The summed E-state index contributed by atoms with van der Waals surface area (Å²) < 4.78 is 3.08. The van der Waals surface area contributed by atoms with Gasteiger partial charge in [0.15, 0.2) is 0 Å². The van der Waals surface area contributed by atoms with Crippen molar-refractivity contribution in [1.29, 1.82) is 0 Å². The summed E-state index contributed by atoms with van der Waals surface area (Å²) in [7, 11) is 2.00. The first kappa shape index (κ1) is 14.3. The molecule has 1 saturated heterocycles. The van der Waals surface area contributed by atoms with Crippen molar-refractivity contribution < 1.29 is 4.79 Å². The van der Waals surface area contributed by atoms with Crippen molar-refractivity contribution in [3.05, 3.63) is 15.9 Å². The van der Waals surface area contributed by atoms with Gasteiger partial charge in [-0.25, -0.2) is 0 Å². The first-order chi connectivity index (χ1) is 9.58. The van der Waals surface area contributed by atoms with Gasteiger partial charge in [-0.3, -0.25) is 14.4 Å². The molecule has 1 aliphatic carbocycles. The van der Waals surface area contributed by atoms with Crippen molar-refractivity contribution >= 4 is 21.7 Å². The lowest BCUT2D eigenvalue weighted by molar-refractivity contribution is -0.122. The third-order valence-corrected chi connectivity index (χ3v) is 5.88. The Hall–Kier alpha value is -0.680. The van der Waals surface area contributed by atoms with Gasteiger partial charge in [0.1, 0.15) is 5.78 Å². The maximum Gasteiger partial charge on any atom is 0.137 e. The Kier molecular flexibility index (Phi) is 4.00. The predicted molar refractivity (Wildman–Crippen MR) is 81.4 cm³/mol. The number of hydrogen-bond donors (Lipinski definition) is 0. The van der Waals surface area contributed by atoms with Crippen molar-refractivity contribution in [1.82, 2.24) is 14.7 Å². The molecule has 2 unspecified atom stereocenters. The zero-order valence-corrected chi connectivity index (χ0v) is 13.8. The molecule has 0 amide bonds. The number of halogens is 1. The summed E-state index contributed by atoms with van der Waals surface area (Å²) in [6, 6.07) is 0.451. The number of carbonyl (C=O) groups is 1. The van der Waals surface area contributed by atoms with Crippen LogP contribution in [0.2, 0.25) is 0 Å². The van der Waals surface area contributed by atoms with Gasteiger partial charge < -0.3 is 0 Å². The smallest absolute Gasteiger partial charge is 0.137 e. The molecule has 2 aliphatic rings. The van der Waals surface area contributed by atoms with E-state index in [1.165, 1.54) is 18.5 Å². The maximum absolute atomic E-state index is 12.0. The zero-order chi connectivity index (χ0) is 14.3. The van der Waals surface area contributed by atoms with E-state index in [4.69, 9.17) is 0 Å². The van der Waals surface area contributed by atoms with Crippen molar-refractivity contribution in [2.75, 3.05) is 6.54 Å². The summed E-state index contributed by atoms with van der Waals surface area (Å²) in [5, 5.41) is 4.47. The highest BCUT2D eigenvalue weighted by Gasteiger charge is 2.38. The monoisotopic (exact) mass is 339 g/mol. The molecule has 0 bridgehead atoms. The molecule has 2 fully saturated rings. The van der Waals surface area contributed by atoms with E-state index in [0.29, 0.717) is 11.8 Å². The van der Waals surface area contributed by atoms with Crippen molar-refractivity contribution in [2.45, 2.75) is 51.6 Å². The molecular formula is C15H22BrN3O. The minimum absolute atomic E-state index is 0.283. The van der Waals surface area contributed by atoms with E-state index in [2.05, 4.69) is 25.9 Å². The third-order valence-electron chi connectivity index (χ3n) is 4.85. The second-order valence-electron chi connectivity index (χ2n) is 6.11. The van der Waals surface area contributed by atoms with Crippen LogP contribution in [0.1, 0.15) is 43.5 Å². The van der Waals surface area contributed by atoms with Crippen molar-refractivity contribution in [2.24, 2.45) is 13.0 Å². The SMILES string of the molecule is Cc1nn(C)c(CN2CCCC2C2CCCC2=O)c1Br. The van der Waals surface area contributed by atoms with Crippen LogP contribution in [-0.4, -0.2) is 33.1 Å². The lowest BCUT2D eigenvalue weighted by Gasteiger charge is -2.28. The van der Waals surface area contributed by atoms with Crippen LogP contribution in [0.5, 0.6) is 0 Å². The topological polar surface area (TPSA) is 38.1 Å². The Morgan fingerprint density at radius 1 is 1.35 bits per heavy atom. The first-order valence-corrected chi connectivity index (χ1v) is 8.32. The van der Waals surface area contributed by atoms with Crippen LogP contribution in [-0.2, 0) is 18.4 Å². The van der Waals surface area contributed by atoms with Crippen LogP contribution >= 0.6 is 15.9 Å². The minimum Gasteiger partial charge on any atom is -0.299 e. The van der Waals surface area contributed by atoms with Gasteiger partial charge >= 0.3 is 0 Å². The van der Waals surface area contributed by atoms with Gasteiger partial charge in [-0.2, -0.15) is 5.10 Å². The standard InChI is InChI=1S/C15H22BrN3O/c1-10-15(16)13(18(2)17-10)9-19-8-4-6-12(19)11-5-3-7-14(11)20/h11-12H,3-9H2,1-2H3. The Morgan fingerprint density at radius 3 is 2.75 bits per heavy atom. The highest BCUT2D eigenvalue weighted by molar-refractivity contribution is 9.10. The number of nitrogens with zero attached hydrogens (tertiary/aromatic N) is 3. The Bertz CT molecular complexity index is 525. The molecule has 3 rings (SSSR count). The molecular weight excluding hydrogens is 318 g/mol. The van der Waals surface area contributed by atoms with Crippen LogP contribution in [0.25, 0.3) is 0 Å². The van der Waals surface area contributed by atoms with E-state index < -0.39 is 0 Å². The van der Waals surface area contributed by atoms with Crippen LogP contribution < -0.4 is 0 Å². The van der Waals surface area contributed by atoms with Crippen LogP contribution in [0.15, 0.2) is 4.47 Å². The Balaban J connectivity index is 1.77. The number of aryl methyl sites for hydroxylation is 2. The summed E-state index contributed by atoms with van der Waals surface area (Å²) in [6.45, 7) is 4.02. The van der Waals surface area contributed by atoms with E-state index in [1.807, 2.05) is 18.7 Å². The molecule has 2 heterocycles. The molecule has 0 aromatic carbocycles. The largest absolute Gasteiger partial charge is 0.299 e. The number of carbonyl (C=O) groups excluding carboxylic acids is 1. The molecule has 1 aromatic heterocycles.